The smallest absolute Gasteiger partial charge is 0.410 e. The van der Waals surface area contributed by atoms with Crippen molar-refractivity contribution in [1.29, 1.82) is 0 Å². The number of piperidine rings is 1. The zero-order valence-corrected chi connectivity index (χ0v) is 19.8. The van der Waals surface area contributed by atoms with E-state index in [1.807, 2.05) is 20.8 Å². The maximum absolute atomic E-state index is 13.7. The van der Waals surface area contributed by atoms with Crippen LogP contribution in [-0.4, -0.2) is 49.2 Å². The van der Waals surface area contributed by atoms with E-state index in [9.17, 15) is 13.6 Å². The molecule has 0 aromatic heterocycles. The summed E-state index contributed by atoms with van der Waals surface area (Å²) in [5.41, 5.74) is -0.280. The maximum Gasteiger partial charge on any atom is 0.410 e. The number of hydrogen-bond donors (Lipinski definition) is 2. The molecule has 2 N–H and O–H groups in total. The minimum atomic E-state index is -0.513. The van der Waals surface area contributed by atoms with Gasteiger partial charge in [0.05, 0.1) is 0 Å². The van der Waals surface area contributed by atoms with Crippen molar-refractivity contribution in [2.24, 2.45) is 10.9 Å². The number of carbonyl (C=O) groups is 1. The lowest BCUT2D eigenvalue weighted by Gasteiger charge is -2.34. The third kappa shape index (κ3) is 8.71. The van der Waals surface area contributed by atoms with E-state index in [4.69, 9.17) is 4.74 Å². The summed E-state index contributed by atoms with van der Waals surface area (Å²) in [6.07, 6.45) is 1.61. The summed E-state index contributed by atoms with van der Waals surface area (Å²) in [4.78, 5) is 18.1. The van der Waals surface area contributed by atoms with Gasteiger partial charge in [-0.25, -0.2) is 13.6 Å². The van der Waals surface area contributed by atoms with Crippen molar-refractivity contribution < 1.29 is 18.3 Å². The molecule has 1 saturated heterocycles. The third-order valence-corrected chi connectivity index (χ3v) is 4.41. The Balaban J connectivity index is 0.00000420. The Hall–Kier alpha value is -1.65. The largest absolute Gasteiger partial charge is 0.444 e. The third-order valence-electron chi connectivity index (χ3n) is 4.41. The molecule has 1 aromatic rings. The minimum Gasteiger partial charge on any atom is -0.444 e. The first-order valence-electron chi connectivity index (χ1n) is 9.54. The number of nitrogens with one attached hydrogen (secondary N) is 2. The van der Waals surface area contributed by atoms with Crippen molar-refractivity contribution in [2.45, 2.75) is 45.8 Å². The molecule has 1 fully saturated rings. The van der Waals surface area contributed by atoms with Gasteiger partial charge >= 0.3 is 6.09 Å². The van der Waals surface area contributed by atoms with Gasteiger partial charge in [0.15, 0.2) is 5.96 Å². The van der Waals surface area contributed by atoms with Crippen molar-refractivity contribution in [3.8, 4) is 0 Å². The predicted molar refractivity (Wildman–Crippen MR) is 121 cm³/mol. The summed E-state index contributed by atoms with van der Waals surface area (Å²) < 4.78 is 32.4. The van der Waals surface area contributed by atoms with Gasteiger partial charge in [0.1, 0.15) is 17.2 Å². The Labute approximate surface area is 188 Å². The van der Waals surface area contributed by atoms with Gasteiger partial charge in [-0.1, -0.05) is 0 Å². The summed E-state index contributed by atoms with van der Waals surface area (Å²) in [5.74, 6) is -0.195. The zero-order chi connectivity index (χ0) is 20.7. The van der Waals surface area contributed by atoms with Crippen molar-refractivity contribution >= 4 is 36.0 Å². The fraction of sp³-hybridized carbons (Fsp3) is 0.600. The highest BCUT2D eigenvalue weighted by Gasteiger charge is 2.27. The van der Waals surface area contributed by atoms with Crippen molar-refractivity contribution in [2.75, 3.05) is 26.7 Å². The number of aliphatic imine (C=N–C) groups is 1. The van der Waals surface area contributed by atoms with E-state index in [0.29, 0.717) is 25.6 Å². The molecule has 1 unspecified atom stereocenters. The highest BCUT2D eigenvalue weighted by molar-refractivity contribution is 14.0. The lowest BCUT2D eigenvalue weighted by atomic mass is 9.98. The molecule has 1 heterocycles. The van der Waals surface area contributed by atoms with E-state index in [1.54, 1.807) is 11.9 Å². The molecular weight excluding hydrogens is 493 g/mol. The lowest BCUT2D eigenvalue weighted by molar-refractivity contribution is 0.0168. The number of benzene rings is 1. The van der Waals surface area contributed by atoms with Crippen LogP contribution in [0.4, 0.5) is 13.6 Å². The lowest BCUT2D eigenvalue weighted by Crippen LogP contribution is -2.47. The predicted octanol–water partition coefficient (Wildman–Crippen LogP) is 3.89. The average molecular weight is 524 g/mol. The van der Waals surface area contributed by atoms with Crippen LogP contribution in [0.15, 0.2) is 23.2 Å². The van der Waals surface area contributed by atoms with Crippen molar-refractivity contribution in [3.63, 3.8) is 0 Å². The fourth-order valence-electron chi connectivity index (χ4n) is 3.04. The van der Waals surface area contributed by atoms with Gasteiger partial charge in [0.25, 0.3) is 0 Å². The first-order valence-corrected chi connectivity index (χ1v) is 9.54. The van der Waals surface area contributed by atoms with Crippen molar-refractivity contribution in [3.05, 3.63) is 35.4 Å². The van der Waals surface area contributed by atoms with Gasteiger partial charge in [0.2, 0.25) is 0 Å². The van der Waals surface area contributed by atoms with Gasteiger partial charge in [-0.15, -0.1) is 24.0 Å². The molecule has 0 bridgehead atoms. The highest BCUT2D eigenvalue weighted by atomic mass is 127. The van der Waals surface area contributed by atoms with Crippen molar-refractivity contribution in [1.82, 2.24) is 15.5 Å². The fourth-order valence-corrected chi connectivity index (χ4v) is 3.04. The van der Waals surface area contributed by atoms with Crippen LogP contribution in [0.1, 0.15) is 39.2 Å². The molecular formula is C20H31F2IN4O2. The number of hydrogen-bond acceptors (Lipinski definition) is 3. The van der Waals surface area contributed by atoms with Crippen LogP contribution in [0.3, 0.4) is 0 Å². The number of rotatable bonds is 4. The van der Waals surface area contributed by atoms with Crippen LogP contribution in [0, 0.1) is 17.6 Å². The van der Waals surface area contributed by atoms with Crippen LogP contribution >= 0.6 is 24.0 Å². The van der Waals surface area contributed by atoms with Crippen LogP contribution in [0.2, 0.25) is 0 Å². The van der Waals surface area contributed by atoms with Crippen LogP contribution in [0.5, 0.6) is 0 Å². The van der Waals surface area contributed by atoms with Crippen LogP contribution in [-0.2, 0) is 11.3 Å². The van der Waals surface area contributed by atoms with E-state index in [-0.39, 0.29) is 48.1 Å². The molecule has 9 heteroatoms. The second kappa shape index (κ2) is 11.5. The first kappa shape index (κ1) is 25.4. The monoisotopic (exact) mass is 524 g/mol. The summed E-state index contributed by atoms with van der Waals surface area (Å²) in [7, 11) is 1.62. The maximum atomic E-state index is 13.7. The van der Waals surface area contributed by atoms with Crippen LogP contribution in [0.25, 0.3) is 0 Å². The molecule has 6 nitrogen and oxygen atoms in total. The molecule has 0 spiro atoms. The number of likely N-dealkylation sites (tertiary alicyclic amines) is 1. The quantitative estimate of drug-likeness (QED) is 0.357. The molecule has 1 atom stereocenters. The summed E-state index contributed by atoms with van der Waals surface area (Å²) in [5, 5.41) is 6.18. The molecule has 1 aromatic carbocycles. The second-order valence-corrected chi connectivity index (χ2v) is 7.98. The molecule has 29 heavy (non-hydrogen) atoms. The summed E-state index contributed by atoms with van der Waals surface area (Å²) in [6, 6.07) is 3.36. The minimum absolute atomic E-state index is 0. The number of carbonyl (C=O) groups excluding carboxylic acids is 1. The van der Waals surface area contributed by atoms with Gasteiger partial charge < -0.3 is 20.3 Å². The number of amides is 1. The molecule has 1 aliphatic rings. The Kier molecular flexibility index (Phi) is 10.1. The SMILES string of the molecule is CN=C(NCc1cc(F)ccc1F)NCC1CCCN(C(=O)OC(C)(C)C)C1.I. The van der Waals surface area contributed by atoms with Gasteiger partial charge in [0, 0.05) is 38.8 Å². The first-order chi connectivity index (χ1) is 13.2. The Morgan fingerprint density at radius 1 is 1.31 bits per heavy atom. The summed E-state index contributed by atoms with van der Waals surface area (Å²) in [6.45, 7) is 7.60. The van der Waals surface area contributed by atoms with Gasteiger partial charge in [-0.05, 0) is 57.7 Å². The van der Waals surface area contributed by atoms with E-state index >= 15 is 0 Å². The number of halogens is 3. The van der Waals surface area contributed by atoms with E-state index in [1.165, 1.54) is 0 Å². The van der Waals surface area contributed by atoms with E-state index < -0.39 is 17.2 Å². The summed E-state index contributed by atoms with van der Waals surface area (Å²) >= 11 is 0. The number of guanidine groups is 1. The molecule has 164 valence electrons. The molecule has 1 aliphatic heterocycles. The topological polar surface area (TPSA) is 66.0 Å². The van der Waals surface area contributed by atoms with Gasteiger partial charge in [-0.3, -0.25) is 4.99 Å². The molecule has 2 rings (SSSR count). The Morgan fingerprint density at radius 3 is 2.69 bits per heavy atom. The van der Waals surface area contributed by atoms with E-state index in [2.05, 4.69) is 15.6 Å². The molecule has 0 radical (unpaired) electrons. The average Bonchev–Trinajstić information content (AvgIpc) is 2.63. The molecule has 1 amide bonds. The molecule has 0 saturated carbocycles. The van der Waals surface area contributed by atoms with Gasteiger partial charge in [-0.2, -0.15) is 0 Å². The zero-order valence-electron chi connectivity index (χ0n) is 17.4. The second-order valence-electron chi connectivity index (χ2n) is 7.98. The standard InChI is InChI=1S/C20H30F2N4O2.HI/c1-20(2,3)28-19(27)26-9-5-6-14(13-26)11-24-18(23-4)25-12-15-10-16(21)7-8-17(15)22;/h7-8,10,14H,5-6,9,11-13H2,1-4H3,(H2,23,24,25);1H. The van der Waals surface area contributed by atoms with Crippen LogP contribution < -0.4 is 10.6 Å². The van der Waals surface area contributed by atoms with E-state index in [0.717, 1.165) is 31.0 Å². The molecule has 0 aliphatic carbocycles. The Morgan fingerprint density at radius 2 is 2.03 bits per heavy atom. The number of nitrogens with zero attached hydrogens (tertiary/aromatic N) is 2. The number of ether oxygens (including phenoxy) is 1. The highest BCUT2D eigenvalue weighted by Crippen LogP contribution is 2.19. The Bertz CT molecular complexity index is 710. The normalized spacial score (nSPS) is 17.4.